The van der Waals surface area contributed by atoms with E-state index in [4.69, 9.17) is 0 Å². The molecule has 0 unspecified atom stereocenters. The van der Waals surface area contributed by atoms with Gasteiger partial charge in [0, 0.05) is 16.7 Å². The van der Waals surface area contributed by atoms with Crippen LogP contribution < -0.4 is 4.68 Å². The molecule has 0 amide bonds. The summed E-state index contributed by atoms with van der Waals surface area (Å²) in [5.74, 6) is 0. The van der Waals surface area contributed by atoms with Crippen molar-refractivity contribution >= 4 is 0 Å². The fourth-order valence-electron chi connectivity index (χ4n) is 3.29. The summed E-state index contributed by atoms with van der Waals surface area (Å²) in [4.78, 5) is 0. The second-order valence-electron chi connectivity index (χ2n) is 5.61. The largest absolute Gasteiger partial charge is 0.289 e. The smallest absolute Gasteiger partial charge is 0.145 e. The third-order valence-electron chi connectivity index (χ3n) is 4.31. The summed E-state index contributed by atoms with van der Waals surface area (Å²) in [7, 11) is 0. The molecule has 0 aliphatic heterocycles. The minimum Gasteiger partial charge on any atom is -0.145 e. The number of hydrogen-bond acceptors (Lipinski definition) is 2. The van der Waals surface area contributed by atoms with Gasteiger partial charge < -0.3 is 0 Å². The molecule has 1 N–H and O–H groups in total. The molecule has 24 heavy (non-hydrogen) atoms. The fourth-order valence-corrected chi connectivity index (χ4v) is 3.29. The third kappa shape index (κ3) is 2.20. The summed E-state index contributed by atoms with van der Waals surface area (Å²) in [5.41, 5.74) is 2.85. The van der Waals surface area contributed by atoms with Crippen molar-refractivity contribution < 1.29 is 4.68 Å². The van der Waals surface area contributed by atoms with Crippen LogP contribution in [-0.2, 0) is 5.54 Å². The van der Waals surface area contributed by atoms with Crippen molar-refractivity contribution in [2.45, 2.75) is 5.54 Å². The second kappa shape index (κ2) is 6.08. The molecule has 0 spiro atoms. The number of aromatic amines is 1. The lowest BCUT2D eigenvalue weighted by Crippen LogP contribution is -2.59. The van der Waals surface area contributed by atoms with Crippen molar-refractivity contribution in [2.24, 2.45) is 0 Å². The Morgan fingerprint density at radius 1 is 0.625 bits per heavy atom. The van der Waals surface area contributed by atoms with Crippen LogP contribution in [0.2, 0.25) is 0 Å². The monoisotopic (exact) mass is 313 g/mol. The van der Waals surface area contributed by atoms with Crippen molar-refractivity contribution in [2.75, 3.05) is 0 Å². The number of nitrogens with zero attached hydrogens (tertiary/aromatic N) is 3. The molecule has 0 saturated heterocycles. The summed E-state index contributed by atoms with van der Waals surface area (Å²) < 4.78 is 1.95. The minimum atomic E-state index is -0.562. The predicted octanol–water partition coefficient (Wildman–Crippen LogP) is 2.93. The molecule has 0 atom stereocenters. The van der Waals surface area contributed by atoms with E-state index in [-0.39, 0.29) is 0 Å². The summed E-state index contributed by atoms with van der Waals surface area (Å²) >= 11 is 0. The molecule has 3 aromatic carbocycles. The fraction of sp³-hybridized carbons (Fsp3) is 0.0500. The van der Waals surface area contributed by atoms with Gasteiger partial charge in [0.25, 0.3) is 6.33 Å². The first-order chi connectivity index (χ1) is 11.9. The van der Waals surface area contributed by atoms with E-state index >= 15 is 0 Å². The average molecular weight is 313 g/mol. The first-order valence-electron chi connectivity index (χ1n) is 7.87. The Kier molecular flexibility index (Phi) is 3.63. The lowest BCUT2D eigenvalue weighted by atomic mass is 9.77. The maximum atomic E-state index is 4.02. The highest BCUT2D eigenvalue weighted by atomic mass is 15.5. The van der Waals surface area contributed by atoms with Crippen LogP contribution in [0, 0.1) is 0 Å². The van der Waals surface area contributed by atoms with E-state index in [0.29, 0.717) is 0 Å². The molecule has 4 rings (SSSR count). The Bertz CT molecular complexity index is 792. The van der Waals surface area contributed by atoms with Gasteiger partial charge in [0.15, 0.2) is 10.8 Å². The molecule has 0 bridgehead atoms. The average Bonchev–Trinajstić information content (AvgIpc) is 3.20. The summed E-state index contributed by atoms with van der Waals surface area (Å²) in [5, 5.41) is 11.0. The highest BCUT2D eigenvalue weighted by Crippen LogP contribution is 2.35. The maximum absolute atomic E-state index is 4.02. The molecule has 0 aliphatic rings. The molecule has 4 nitrogen and oxygen atoms in total. The van der Waals surface area contributed by atoms with E-state index < -0.39 is 5.54 Å². The summed E-state index contributed by atoms with van der Waals surface area (Å²) in [6.07, 6.45) is 1.73. The van der Waals surface area contributed by atoms with Gasteiger partial charge in [-0.1, -0.05) is 96.2 Å². The zero-order chi connectivity index (χ0) is 16.2. The van der Waals surface area contributed by atoms with E-state index in [1.807, 2.05) is 22.9 Å². The Morgan fingerprint density at radius 3 is 1.38 bits per heavy atom. The normalized spacial score (nSPS) is 11.3. The Labute approximate surface area is 140 Å². The molecule has 0 saturated carbocycles. The van der Waals surface area contributed by atoms with Crippen LogP contribution >= 0.6 is 0 Å². The van der Waals surface area contributed by atoms with Gasteiger partial charge >= 0.3 is 0 Å². The molecular weight excluding hydrogens is 296 g/mol. The number of hydrogen-bond donors (Lipinski definition) is 1. The van der Waals surface area contributed by atoms with Crippen molar-refractivity contribution in [1.29, 1.82) is 0 Å². The van der Waals surface area contributed by atoms with E-state index in [0.717, 1.165) is 16.7 Å². The predicted molar refractivity (Wildman–Crippen MR) is 91.2 cm³/mol. The molecule has 0 aliphatic carbocycles. The number of nitrogens with one attached hydrogen (secondary N) is 1. The van der Waals surface area contributed by atoms with Crippen molar-refractivity contribution in [3.63, 3.8) is 0 Å². The highest BCUT2D eigenvalue weighted by Gasteiger charge is 2.42. The number of tetrazole rings is 1. The zero-order valence-corrected chi connectivity index (χ0v) is 13.1. The van der Waals surface area contributed by atoms with Crippen molar-refractivity contribution in [3.8, 4) is 0 Å². The van der Waals surface area contributed by atoms with Gasteiger partial charge in [0.05, 0.1) is 0 Å². The molecule has 1 heterocycles. The number of H-pyrrole nitrogens is 1. The van der Waals surface area contributed by atoms with Crippen LogP contribution in [0.3, 0.4) is 0 Å². The number of aromatic nitrogens is 4. The summed E-state index contributed by atoms with van der Waals surface area (Å²) in [6.45, 7) is 0. The van der Waals surface area contributed by atoms with Crippen molar-refractivity contribution in [1.82, 2.24) is 15.5 Å². The van der Waals surface area contributed by atoms with Gasteiger partial charge in [-0.05, 0) is 0 Å². The molecule has 0 radical (unpaired) electrons. The molecule has 116 valence electrons. The Hall–Kier alpha value is -3.27. The Morgan fingerprint density at radius 2 is 1.04 bits per heavy atom. The van der Waals surface area contributed by atoms with Crippen LogP contribution in [0.25, 0.3) is 0 Å². The lowest BCUT2D eigenvalue weighted by Gasteiger charge is -2.32. The quantitative estimate of drug-likeness (QED) is 0.465. The lowest BCUT2D eigenvalue weighted by molar-refractivity contribution is -0.788. The first kappa shape index (κ1) is 14.3. The van der Waals surface area contributed by atoms with Gasteiger partial charge in [-0.25, -0.2) is 0 Å². The summed E-state index contributed by atoms with van der Waals surface area (Å²) in [6, 6.07) is 31.2. The molecule has 4 heteroatoms. The number of benzene rings is 3. The Balaban J connectivity index is 2.12. The van der Waals surface area contributed by atoms with Crippen LogP contribution in [0.5, 0.6) is 0 Å². The zero-order valence-electron chi connectivity index (χ0n) is 13.1. The topological polar surface area (TPSA) is 45.5 Å². The SMILES string of the molecule is c1ccc(C(c2ccccc2)(c2ccccc2)[n+]2cnn[nH]2)cc1. The standard InChI is InChI=1S/C20H16N4/c1-4-10-17(11-5-1)20(24-16-21-22-23-24,18-12-6-2-7-13-18)19-14-8-3-9-15-19/h1-16H/p+1. The highest BCUT2D eigenvalue weighted by molar-refractivity contribution is 5.46. The second-order valence-corrected chi connectivity index (χ2v) is 5.61. The van der Waals surface area contributed by atoms with Crippen LogP contribution in [-0.4, -0.2) is 15.5 Å². The van der Waals surface area contributed by atoms with E-state index in [1.54, 1.807) is 6.33 Å². The van der Waals surface area contributed by atoms with Crippen LogP contribution in [0.1, 0.15) is 16.7 Å². The van der Waals surface area contributed by atoms with E-state index in [9.17, 15) is 0 Å². The molecule has 4 aromatic rings. The molecule has 1 aromatic heterocycles. The minimum absolute atomic E-state index is 0.562. The van der Waals surface area contributed by atoms with Crippen molar-refractivity contribution in [3.05, 3.63) is 114 Å². The number of rotatable bonds is 4. The van der Waals surface area contributed by atoms with Gasteiger partial charge in [0.1, 0.15) is 5.10 Å². The van der Waals surface area contributed by atoms with Gasteiger partial charge in [0.2, 0.25) is 0 Å². The van der Waals surface area contributed by atoms with Crippen LogP contribution in [0.15, 0.2) is 97.3 Å². The molecule has 0 fully saturated rings. The first-order valence-corrected chi connectivity index (χ1v) is 7.87. The van der Waals surface area contributed by atoms with Gasteiger partial charge in [-0.2, -0.15) is 0 Å². The maximum Gasteiger partial charge on any atom is 0.289 e. The van der Waals surface area contributed by atoms with Gasteiger partial charge in [-0.15, -0.1) is 4.68 Å². The molecular formula is C20H17N4+. The van der Waals surface area contributed by atoms with Gasteiger partial charge in [-0.3, -0.25) is 0 Å². The third-order valence-corrected chi connectivity index (χ3v) is 4.31. The van der Waals surface area contributed by atoms with Crippen LogP contribution in [0.4, 0.5) is 0 Å². The van der Waals surface area contributed by atoms with E-state index in [2.05, 4.69) is 88.3 Å². The van der Waals surface area contributed by atoms with E-state index in [1.165, 1.54) is 0 Å².